The number of nitrogens with zero attached hydrogens (tertiary/aromatic N) is 2. The molecule has 0 bridgehead atoms. The molecule has 8 nitrogen and oxygen atoms in total. The van der Waals surface area contributed by atoms with E-state index in [0.717, 1.165) is 37.5 Å². The highest BCUT2D eigenvalue weighted by atomic mass is 32.2. The van der Waals surface area contributed by atoms with Gasteiger partial charge in [0.1, 0.15) is 0 Å². The number of carbonyl (C=O) groups is 1. The number of hydrogen-bond acceptors (Lipinski definition) is 7. The SMILES string of the molecule is COc1ccc(N(Cc2cccnc2)c2cccc(S(C)(=O)=O)c2C(N)=O)cc1OC1CCCC1. The van der Waals surface area contributed by atoms with E-state index in [2.05, 4.69) is 4.98 Å². The second-order valence-electron chi connectivity index (χ2n) is 8.59. The first kappa shape index (κ1) is 24.5. The summed E-state index contributed by atoms with van der Waals surface area (Å²) in [7, 11) is -2.12. The predicted octanol–water partition coefficient (Wildman–Crippen LogP) is 4.25. The molecule has 2 aromatic carbocycles. The fourth-order valence-corrected chi connectivity index (χ4v) is 5.30. The van der Waals surface area contributed by atoms with Crippen LogP contribution in [0.3, 0.4) is 0 Å². The van der Waals surface area contributed by atoms with Gasteiger partial charge in [0.15, 0.2) is 21.3 Å². The topological polar surface area (TPSA) is 112 Å². The number of aromatic nitrogens is 1. The lowest BCUT2D eigenvalue weighted by atomic mass is 10.1. The van der Waals surface area contributed by atoms with E-state index < -0.39 is 15.7 Å². The third-order valence-corrected chi connectivity index (χ3v) is 7.20. The van der Waals surface area contributed by atoms with Crippen LogP contribution in [0.1, 0.15) is 41.6 Å². The first-order valence-electron chi connectivity index (χ1n) is 11.4. The number of rotatable bonds is 9. The molecule has 0 aliphatic heterocycles. The number of anilines is 2. The van der Waals surface area contributed by atoms with E-state index >= 15 is 0 Å². The third-order valence-electron chi connectivity index (χ3n) is 6.06. The van der Waals surface area contributed by atoms with Gasteiger partial charge in [-0.3, -0.25) is 9.78 Å². The monoisotopic (exact) mass is 495 g/mol. The van der Waals surface area contributed by atoms with Crippen LogP contribution in [-0.4, -0.2) is 38.8 Å². The molecule has 35 heavy (non-hydrogen) atoms. The van der Waals surface area contributed by atoms with E-state index in [1.54, 1.807) is 37.7 Å². The van der Waals surface area contributed by atoms with Crippen molar-refractivity contribution >= 4 is 27.1 Å². The number of nitrogens with two attached hydrogens (primary N) is 1. The average molecular weight is 496 g/mol. The van der Waals surface area contributed by atoms with Crippen LogP contribution in [0.15, 0.2) is 65.8 Å². The number of ether oxygens (including phenoxy) is 2. The van der Waals surface area contributed by atoms with Crippen molar-refractivity contribution < 1.29 is 22.7 Å². The van der Waals surface area contributed by atoms with E-state index in [0.29, 0.717) is 29.4 Å². The molecule has 9 heteroatoms. The molecular weight excluding hydrogens is 466 g/mol. The van der Waals surface area contributed by atoms with Crippen LogP contribution in [0.4, 0.5) is 11.4 Å². The first-order valence-corrected chi connectivity index (χ1v) is 13.3. The van der Waals surface area contributed by atoms with Crippen molar-refractivity contribution in [3.63, 3.8) is 0 Å². The molecule has 0 atom stereocenters. The smallest absolute Gasteiger partial charge is 0.252 e. The number of primary amides is 1. The molecule has 4 rings (SSSR count). The van der Waals surface area contributed by atoms with Crippen LogP contribution in [0.2, 0.25) is 0 Å². The number of pyridine rings is 1. The zero-order chi connectivity index (χ0) is 25.0. The lowest BCUT2D eigenvalue weighted by Crippen LogP contribution is -2.24. The van der Waals surface area contributed by atoms with Crippen molar-refractivity contribution in [2.75, 3.05) is 18.3 Å². The predicted molar refractivity (Wildman–Crippen MR) is 134 cm³/mol. The van der Waals surface area contributed by atoms with Gasteiger partial charge >= 0.3 is 0 Å². The van der Waals surface area contributed by atoms with Gasteiger partial charge in [-0.2, -0.15) is 0 Å². The highest BCUT2D eigenvalue weighted by Crippen LogP contribution is 2.39. The molecule has 1 aliphatic carbocycles. The molecule has 1 amide bonds. The Hall–Kier alpha value is -3.59. The van der Waals surface area contributed by atoms with Gasteiger partial charge in [0.05, 0.1) is 29.4 Å². The van der Waals surface area contributed by atoms with Crippen molar-refractivity contribution in [2.24, 2.45) is 5.73 Å². The zero-order valence-corrected chi connectivity index (χ0v) is 20.6. The van der Waals surface area contributed by atoms with Crippen LogP contribution in [0.5, 0.6) is 11.5 Å². The minimum absolute atomic E-state index is 0.0621. The van der Waals surface area contributed by atoms with Crippen molar-refractivity contribution in [1.82, 2.24) is 4.98 Å². The minimum Gasteiger partial charge on any atom is -0.493 e. The average Bonchev–Trinajstić information content (AvgIpc) is 3.35. The molecule has 1 heterocycles. The Morgan fingerprint density at radius 1 is 1.11 bits per heavy atom. The highest BCUT2D eigenvalue weighted by molar-refractivity contribution is 7.90. The lowest BCUT2D eigenvalue weighted by Gasteiger charge is -2.28. The maximum atomic E-state index is 12.5. The summed E-state index contributed by atoms with van der Waals surface area (Å²) in [5.74, 6) is 0.364. The van der Waals surface area contributed by atoms with Crippen molar-refractivity contribution in [1.29, 1.82) is 0 Å². The number of sulfone groups is 1. The van der Waals surface area contributed by atoms with E-state index in [1.807, 2.05) is 29.2 Å². The van der Waals surface area contributed by atoms with E-state index in [-0.39, 0.29) is 16.6 Å². The number of benzene rings is 2. The van der Waals surface area contributed by atoms with Gasteiger partial charge in [-0.05, 0) is 61.6 Å². The molecule has 1 saturated carbocycles. The van der Waals surface area contributed by atoms with Gasteiger partial charge in [-0.1, -0.05) is 12.1 Å². The molecule has 0 saturated heterocycles. The maximum Gasteiger partial charge on any atom is 0.252 e. The molecule has 1 fully saturated rings. The molecule has 0 spiro atoms. The Morgan fingerprint density at radius 2 is 1.89 bits per heavy atom. The molecule has 1 aliphatic rings. The molecule has 0 radical (unpaired) electrons. The number of methoxy groups -OCH3 is 1. The highest BCUT2D eigenvalue weighted by Gasteiger charge is 2.26. The summed E-state index contributed by atoms with van der Waals surface area (Å²) in [5.41, 5.74) is 7.59. The number of amides is 1. The van der Waals surface area contributed by atoms with Gasteiger partial charge in [0, 0.05) is 36.9 Å². The van der Waals surface area contributed by atoms with Crippen LogP contribution in [0, 0.1) is 0 Å². The first-order chi connectivity index (χ1) is 16.8. The molecule has 0 unspecified atom stereocenters. The van der Waals surface area contributed by atoms with Crippen LogP contribution in [-0.2, 0) is 16.4 Å². The lowest BCUT2D eigenvalue weighted by molar-refractivity contribution is 0.0997. The summed E-state index contributed by atoms with van der Waals surface area (Å²) < 4.78 is 36.8. The minimum atomic E-state index is -3.71. The second-order valence-corrected chi connectivity index (χ2v) is 10.6. The number of hydrogen-bond donors (Lipinski definition) is 1. The normalized spacial score (nSPS) is 14.0. The van der Waals surface area contributed by atoms with Crippen LogP contribution >= 0.6 is 0 Å². The number of carbonyl (C=O) groups excluding carboxylic acids is 1. The van der Waals surface area contributed by atoms with Gasteiger partial charge in [0.2, 0.25) is 0 Å². The Kier molecular flexibility index (Phi) is 7.25. The van der Waals surface area contributed by atoms with Gasteiger partial charge in [0.25, 0.3) is 5.91 Å². The second kappa shape index (κ2) is 10.4. The van der Waals surface area contributed by atoms with E-state index in [1.165, 1.54) is 6.07 Å². The van der Waals surface area contributed by atoms with Gasteiger partial charge < -0.3 is 20.1 Å². The standard InChI is InChI=1S/C26H29N3O5S/c1-33-22-13-12-19(15-23(22)34-20-8-3-4-9-20)29(17-18-7-6-14-28-16-18)21-10-5-11-24(35(2,31)32)25(21)26(27)30/h5-7,10-16,20H,3-4,8-9,17H2,1-2H3,(H2,27,30). The third kappa shape index (κ3) is 5.57. The fraction of sp³-hybridized carbons (Fsp3) is 0.308. The summed E-state index contributed by atoms with van der Waals surface area (Å²) in [6.07, 6.45) is 8.78. The fourth-order valence-electron chi connectivity index (χ4n) is 4.40. The van der Waals surface area contributed by atoms with Crippen molar-refractivity contribution in [2.45, 2.75) is 43.2 Å². The molecule has 2 N–H and O–H groups in total. The summed E-state index contributed by atoms with van der Waals surface area (Å²) in [5, 5.41) is 0. The Labute approximate surface area is 205 Å². The Bertz CT molecular complexity index is 1310. The van der Waals surface area contributed by atoms with Gasteiger partial charge in [-0.25, -0.2) is 8.42 Å². The summed E-state index contributed by atoms with van der Waals surface area (Å²) in [4.78, 5) is 18.5. The summed E-state index contributed by atoms with van der Waals surface area (Å²) in [6, 6.07) is 13.9. The Balaban J connectivity index is 1.87. The van der Waals surface area contributed by atoms with Crippen LogP contribution < -0.4 is 20.1 Å². The largest absolute Gasteiger partial charge is 0.493 e. The summed E-state index contributed by atoms with van der Waals surface area (Å²) in [6.45, 7) is 0.316. The van der Waals surface area contributed by atoms with Crippen molar-refractivity contribution in [3.8, 4) is 11.5 Å². The molecular formula is C26H29N3O5S. The molecule has 3 aromatic rings. The summed E-state index contributed by atoms with van der Waals surface area (Å²) >= 11 is 0. The maximum absolute atomic E-state index is 12.5. The zero-order valence-electron chi connectivity index (χ0n) is 19.8. The van der Waals surface area contributed by atoms with E-state index in [4.69, 9.17) is 15.2 Å². The van der Waals surface area contributed by atoms with Gasteiger partial charge in [-0.15, -0.1) is 0 Å². The Morgan fingerprint density at radius 3 is 2.51 bits per heavy atom. The van der Waals surface area contributed by atoms with Crippen LogP contribution in [0.25, 0.3) is 0 Å². The molecule has 184 valence electrons. The van der Waals surface area contributed by atoms with E-state index in [9.17, 15) is 13.2 Å². The van der Waals surface area contributed by atoms with Crippen molar-refractivity contribution in [3.05, 3.63) is 72.1 Å². The molecule has 1 aromatic heterocycles. The quantitative estimate of drug-likeness (QED) is 0.472.